The number of aliphatic hydroxyl groups is 1. The van der Waals surface area contributed by atoms with Gasteiger partial charge in [-0.15, -0.1) is 4.52 Å². The summed E-state index contributed by atoms with van der Waals surface area (Å²) in [6, 6.07) is 0.0359. The summed E-state index contributed by atoms with van der Waals surface area (Å²) in [4.78, 5) is 36.5. The molecule has 0 aliphatic rings. The lowest BCUT2D eigenvalue weighted by atomic mass is 10.4. The van der Waals surface area contributed by atoms with E-state index in [1.807, 2.05) is 4.98 Å². The molecule has 0 spiro atoms. The summed E-state index contributed by atoms with van der Waals surface area (Å²) >= 11 is 5.59. The molecular formula is C15H23ClFN3O8P+. The van der Waals surface area contributed by atoms with Crippen LogP contribution in [0.25, 0.3) is 0 Å². The third kappa shape index (κ3) is 8.69. The number of hydrogen-bond donors (Lipinski definition) is 3. The molecule has 0 aliphatic heterocycles. The molecule has 164 valence electrons. The quantitative estimate of drug-likeness (QED) is 0.232. The number of aliphatic hydroxyl groups excluding tert-OH is 1. The molecule has 3 N–H and O–H groups in total. The lowest BCUT2D eigenvalue weighted by molar-refractivity contribution is -0.149. The monoisotopic (exact) mass is 458 g/mol. The molecule has 29 heavy (non-hydrogen) atoms. The van der Waals surface area contributed by atoms with Gasteiger partial charge in [-0.3, -0.25) is 19.1 Å². The van der Waals surface area contributed by atoms with Gasteiger partial charge in [0.2, 0.25) is 0 Å². The Morgan fingerprint density at radius 1 is 1.41 bits per heavy atom. The maximum atomic E-state index is 13.3. The van der Waals surface area contributed by atoms with E-state index < -0.39 is 62.6 Å². The van der Waals surface area contributed by atoms with Crippen molar-refractivity contribution in [3.63, 3.8) is 0 Å². The Morgan fingerprint density at radius 3 is 2.59 bits per heavy atom. The van der Waals surface area contributed by atoms with Crippen LogP contribution in [-0.2, 0) is 23.4 Å². The number of halogens is 2. The lowest BCUT2D eigenvalue weighted by Crippen LogP contribution is -2.38. The van der Waals surface area contributed by atoms with E-state index >= 15 is 0 Å². The number of H-pyrrole nitrogens is 1. The Hall–Kier alpha value is -1.69. The smallest absolute Gasteiger partial charge is 0.462 e. The number of nitrogens with zero attached hydrogens (tertiary/aromatic N) is 1. The molecule has 1 heterocycles. The SMILES string of the molecule is CC(C)OC(=O)[C@H](C)N[P+](=O)OC[C@@H](O[C@H](CF)n1ccc(=O)[nH]c1=O)[C@@H](O)Cl. The van der Waals surface area contributed by atoms with Gasteiger partial charge in [0.1, 0.15) is 25.4 Å². The fraction of sp³-hybridized carbons (Fsp3) is 0.667. The third-order valence-corrected chi connectivity index (χ3v) is 4.56. The second-order valence-corrected chi connectivity index (χ2v) is 7.54. The predicted molar refractivity (Wildman–Crippen MR) is 100 cm³/mol. The molecule has 1 aromatic rings. The zero-order chi connectivity index (χ0) is 22.1. The molecule has 1 rings (SSSR count). The molecule has 0 aliphatic carbocycles. The minimum atomic E-state index is -2.59. The minimum Gasteiger partial charge on any atom is -0.462 e. The molecule has 1 unspecified atom stereocenters. The number of carbonyl (C=O) groups is 1. The Balaban J connectivity index is 2.70. The zero-order valence-electron chi connectivity index (χ0n) is 15.9. The van der Waals surface area contributed by atoms with Crippen LogP contribution in [0.15, 0.2) is 21.9 Å². The van der Waals surface area contributed by atoms with Crippen LogP contribution in [0.5, 0.6) is 0 Å². The number of hydrogen-bond acceptors (Lipinski definition) is 8. The van der Waals surface area contributed by atoms with Crippen LogP contribution in [0.2, 0.25) is 0 Å². The molecule has 0 saturated carbocycles. The van der Waals surface area contributed by atoms with E-state index in [4.69, 9.17) is 25.6 Å². The normalized spacial score (nSPS) is 16.2. The number of aromatic amines is 1. The van der Waals surface area contributed by atoms with Crippen molar-refractivity contribution >= 4 is 25.7 Å². The van der Waals surface area contributed by atoms with Gasteiger partial charge in [0.15, 0.2) is 11.8 Å². The summed E-state index contributed by atoms with van der Waals surface area (Å²) < 4.78 is 41.2. The molecule has 0 radical (unpaired) electrons. The topological polar surface area (TPSA) is 149 Å². The highest BCUT2D eigenvalue weighted by Crippen LogP contribution is 2.22. The summed E-state index contributed by atoms with van der Waals surface area (Å²) in [7, 11) is -2.59. The summed E-state index contributed by atoms with van der Waals surface area (Å²) in [5, 5.41) is 12.0. The van der Waals surface area contributed by atoms with Crippen LogP contribution in [0.1, 0.15) is 27.0 Å². The number of esters is 1. The maximum absolute atomic E-state index is 13.3. The van der Waals surface area contributed by atoms with E-state index in [1.165, 1.54) is 6.92 Å². The van der Waals surface area contributed by atoms with Gasteiger partial charge in [0.25, 0.3) is 5.56 Å². The first-order valence-electron chi connectivity index (χ1n) is 8.47. The summed E-state index contributed by atoms with van der Waals surface area (Å²) in [6.45, 7) is 2.95. The number of aromatic nitrogens is 2. The highest BCUT2D eigenvalue weighted by Gasteiger charge is 2.32. The molecule has 0 amide bonds. The number of nitrogens with one attached hydrogen (secondary N) is 2. The van der Waals surface area contributed by atoms with Gasteiger partial charge in [-0.1, -0.05) is 16.7 Å². The third-order valence-electron chi connectivity index (χ3n) is 3.29. The van der Waals surface area contributed by atoms with Crippen LogP contribution in [0.3, 0.4) is 0 Å². The number of alkyl halides is 2. The largest absolute Gasteiger partial charge is 0.613 e. The van der Waals surface area contributed by atoms with Crippen molar-refractivity contribution in [3.8, 4) is 0 Å². The molecule has 14 heteroatoms. The molecule has 0 saturated heterocycles. The van der Waals surface area contributed by atoms with E-state index in [0.717, 1.165) is 16.8 Å². The Morgan fingerprint density at radius 2 is 2.07 bits per heavy atom. The second kappa shape index (κ2) is 12.1. The minimum absolute atomic E-state index is 0.358. The van der Waals surface area contributed by atoms with Gasteiger partial charge in [-0.05, 0) is 25.3 Å². The van der Waals surface area contributed by atoms with Crippen molar-refractivity contribution in [1.29, 1.82) is 0 Å². The van der Waals surface area contributed by atoms with E-state index in [1.54, 1.807) is 13.8 Å². The summed E-state index contributed by atoms with van der Waals surface area (Å²) in [5.74, 6) is -0.646. The molecule has 0 bridgehead atoms. The van der Waals surface area contributed by atoms with Crippen molar-refractivity contribution in [2.24, 2.45) is 0 Å². The van der Waals surface area contributed by atoms with E-state index in [0.29, 0.717) is 0 Å². The second-order valence-electron chi connectivity index (χ2n) is 6.06. The average Bonchev–Trinajstić information content (AvgIpc) is 2.61. The number of rotatable bonds is 12. The molecule has 0 fully saturated rings. The Labute approximate surface area is 171 Å². The van der Waals surface area contributed by atoms with Gasteiger partial charge < -0.3 is 14.6 Å². The van der Waals surface area contributed by atoms with Crippen molar-refractivity contribution in [2.75, 3.05) is 13.3 Å². The van der Waals surface area contributed by atoms with Crippen molar-refractivity contribution < 1.29 is 32.9 Å². The number of ether oxygens (including phenoxy) is 2. The van der Waals surface area contributed by atoms with Crippen LogP contribution >= 0.6 is 19.8 Å². The van der Waals surface area contributed by atoms with Gasteiger partial charge in [-0.2, -0.15) is 0 Å². The zero-order valence-corrected chi connectivity index (χ0v) is 17.6. The van der Waals surface area contributed by atoms with Crippen molar-refractivity contribution in [1.82, 2.24) is 14.6 Å². The standard InChI is InChI=1S/C15H22ClFN3O8P/c1-8(2)27-14(23)9(3)19-29(25)26-7-10(13(16)22)28-12(6-17)20-5-4-11(21)18-15(20)24/h4-5,8-10,12-13,22H,6-7H2,1-3H3,(H-,18,19,21,24,25)/p+1/t9-,10+,12+,13+/m0/s1. The van der Waals surface area contributed by atoms with Crippen LogP contribution in [0, 0.1) is 0 Å². The van der Waals surface area contributed by atoms with Gasteiger partial charge in [-0.25, -0.2) is 9.18 Å². The highest BCUT2D eigenvalue weighted by molar-refractivity contribution is 7.36. The molecule has 1 aromatic heterocycles. The van der Waals surface area contributed by atoms with Gasteiger partial charge in [0.05, 0.1) is 6.10 Å². The van der Waals surface area contributed by atoms with Crippen molar-refractivity contribution in [3.05, 3.63) is 33.1 Å². The first-order valence-corrected chi connectivity index (χ1v) is 10.1. The molecule has 11 nitrogen and oxygen atoms in total. The highest BCUT2D eigenvalue weighted by atomic mass is 35.5. The average molecular weight is 459 g/mol. The maximum Gasteiger partial charge on any atom is 0.613 e. The first kappa shape index (κ1) is 25.3. The fourth-order valence-electron chi connectivity index (χ4n) is 1.94. The predicted octanol–water partition coefficient (Wildman–Crippen LogP) is 0.551. The molecular weight excluding hydrogens is 436 g/mol. The summed E-state index contributed by atoms with van der Waals surface area (Å²) in [5.41, 5.74) is -3.32. The molecule has 5 atom stereocenters. The van der Waals surface area contributed by atoms with E-state index in [9.17, 15) is 28.4 Å². The Bertz CT molecular complexity index is 802. The Kier molecular flexibility index (Phi) is 10.6. The van der Waals surface area contributed by atoms with Crippen LogP contribution in [0.4, 0.5) is 4.39 Å². The fourth-order valence-corrected chi connectivity index (χ4v) is 2.85. The van der Waals surface area contributed by atoms with Gasteiger partial charge >= 0.3 is 19.8 Å². The summed E-state index contributed by atoms with van der Waals surface area (Å²) in [6.07, 6.45) is -2.28. The molecule has 0 aromatic carbocycles. The van der Waals surface area contributed by atoms with E-state index in [-0.39, 0.29) is 6.10 Å². The van der Waals surface area contributed by atoms with Crippen LogP contribution < -0.4 is 16.3 Å². The van der Waals surface area contributed by atoms with Crippen molar-refractivity contribution in [2.45, 2.75) is 50.8 Å². The van der Waals surface area contributed by atoms with Gasteiger partial charge in [0, 0.05) is 12.3 Å². The first-order chi connectivity index (χ1) is 13.5. The van der Waals surface area contributed by atoms with Crippen LogP contribution in [-0.4, -0.2) is 57.7 Å². The lowest BCUT2D eigenvalue weighted by Gasteiger charge is -2.23. The van der Waals surface area contributed by atoms with E-state index in [2.05, 4.69) is 5.09 Å². The number of carbonyl (C=O) groups excluding carboxylic acids is 1.